The van der Waals surface area contributed by atoms with E-state index in [1.54, 1.807) is 12.1 Å². The predicted molar refractivity (Wildman–Crippen MR) is 87.2 cm³/mol. The molecule has 3 N–H and O–H groups in total. The van der Waals surface area contributed by atoms with Gasteiger partial charge in [-0.2, -0.15) is 10.1 Å². The van der Waals surface area contributed by atoms with E-state index in [4.69, 9.17) is 0 Å². The van der Waals surface area contributed by atoms with Crippen molar-refractivity contribution in [2.75, 3.05) is 10.6 Å². The number of anilines is 3. The molecule has 1 amide bonds. The molecule has 0 aliphatic carbocycles. The molecule has 0 saturated heterocycles. The Labute approximate surface area is 135 Å². The molecule has 120 valence electrons. The van der Waals surface area contributed by atoms with E-state index in [0.29, 0.717) is 11.4 Å². The van der Waals surface area contributed by atoms with Crippen molar-refractivity contribution in [3.63, 3.8) is 0 Å². The van der Waals surface area contributed by atoms with Gasteiger partial charge in [-0.1, -0.05) is 18.2 Å². The van der Waals surface area contributed by atoms with E-state index in [-0.39, 0.29) is 17.2 Å². The van der Waals surface area contributed by atoms with Crippen molar-refractivity contribution in [1.82, 2.24) is 15.2 Å². The summed E-state index contributed by atoms with van der Waals surface area (Å²) in [6.07, 6.45) is 1.24. The van der Waals surface area contributed by atoms with Crippen LogP contribution in [0.4, 0.5) is 23.0 Å². The SMILES string of the molecule is O=C(Nc1ncn[nH]1)c1ccc(Nc2ccccc2)c([N+](=O)[O-])c1. The lowest BCUT2D eigenvalue weighted by molar-refractivity contribution is -0.383. The first-order valence-corrected chi connectivity index (χ1v) is 6.91. The Morgan fingerprint density at radius 2 is 1.96 bits per heavy atom. The summed E-state index contributed by atoms with van der Waals surface area (Å²) >= 11 is 0. The van der Waals surface area contributed by atoms with Crippen LogP contribution < -0.4 is 10.6 Å². The number of aromatic amines is 1. The van der Waals surface area contributed by atoms with Gasteiger partial charge in [0.25, 0.3) is 11.6 Å². The molecule has 0 saturated carbocycles. The van der Waals surface area contributed by atoms with Crippen LogP contribution in [-0.4, -0.2) is 26.0 Å². The number of amides is 1. The van der Waals surface area contributed by atoms with Crippen molar-refractivity contribution in [2.45, 2.75) is 0 Å². The molecule has 9 heteroatoms. The summed E-state index contributed by atoms with van der Waals surface area (Å²) in [5.41, 5.74) is 0.933. The van der Waals surface area contributed by atoms with Crippen molar-refractivity contribution in [3.8, 4) is 0 Å². The third-order valence-corrected chi connectivity index (χ3v) is 3.16. The first-order valence-electron chi connectivity index (χ1n) is 6.91. The van der Waals surface area contributed by atoms with Gasteiger partial charge < -0.3 is 5.32 Å². The smallest absolute Gasteiger partial charge is 0.293 e. The van der Waals surface area contributed by atoms with Gasteiger partial charge in [-0.15, -0.1) is 0 Å². The minimum Gasteiger partial charge on any atom is -0.350 e. The monoisotopic (exact) mass is 324 g/mol. The molecular weight excluding hydrogens is 312 g/mol. The number of nitro groups is 1. The quantitative estimate of drug-likeness (QED) is 0.489. The molecule has 0 unspecified atom stereocenters. The lowest BCUT2D eigenvalue weighted by Gasteiger charge is -2.08. The van der Waals surface area contributed by atoms with Crippen LogP contribution in [0.1, 0.15) is 10.4 Å². The van der Waals surface area contributed by atoms with Gasteiger partial charge in [-0.25, -0.2) is 5.10 Å². The fourth-order valence-electron chi connectivity index (χ4n) is 2.05. The molecule has 3 rings (SSSR count). The summed E-state index contributed by atoms with van der Waals surface area (Å²) < 4.78 is 0. The first kappa shape index (κ1) is 15.2. The van der Waals surface area contributed by atoms with Crippen molar-refractivity contribution >= 4 is 28.9 Å². The highest BCUT2D eigenvalue weighted by Gasteiger charge is 2.18. The molecule has 1 heterocycles. The number of hydrogen-bond donors (Lipinski definition) is 3. The molecule has 0 fully saturated rings. The minimum absolute atomic E-state index is 0.136. The van der Waals surface area contributed by atoms with Crippen molar-refractivity contribution in [1.29, 1.82) is 0 Å². The number of carbonyl (C=O) groups excluding carboxylic acids is 1. The number of nitro benzene ring substituents is 1. The summed E-state index contributed by atoms with van der Waals surface area (Å²) in [5, 5.41) is 22.8. The molecule has 24 heavy (non-hydrogen) atoms. The Hall–Kier alpha value is -3.75. The number of nitrogens with one attached hydrogen (secondary N) is 3. The van der Waals surface area contributed by atoms with Crippen LogP contribution in [0.25, 0.3) is 0 Å². The van der Waals surface area contributed by atoms with E-state index in [1.165, 1.54) is 24.5 Å². The predicted octanol–water partition coefficient (Wildman–Crippen LogP) is 2.71. The number of H-pyrrole nitrogens is 1. The van der Waals surface area contributed by atoms with Crippen LogP contribution in [0, 0.1) is 10.1 Å². The zero-order chi connectivity index (χ0) is 16.9. The van der Waals surface area contributed by atoms with Crippen LogP contribution in [-0.2, 0) is 0 Å². The Morgan fingerprint density at radius 1 is 1.17 bits per heavy atom. The number of hydrogen-bond acceptors (Lipinski definition) is 6. The zero-order valence-corrected chi connectivity index (χ0v) is 12.3. The number of nitrogens with zero attached hydrogens (tertiary/aromatic N) is 3. The molecule has 0 aliphatic rings. The molecule has 0 atom stereocenters. The van der Waals surface area contributed by atoms with Gasteiger partial charge in [0.15, 0.2) is 0 Å². The van der Waals surface area contributed by atoms with E-state index in [9.17, 15) is 14.9 Å². The standard InChI is InChI=1S/C15H12N6O3/c22-14(19-15-16-9-17-20-15)10-6-7-12(13(8-10)21(23)24)18-11-4-2-1-3-5-11/h1-9,18H,(H2,16,17,19,20,22). The fraction of sp³-hybridized carbons (Fsp3) is 0. The minimum atomic E-state index is -0.545. The average molecular weight is 324 g/mol. The van der Waals surface area contributed by atoms with Crippen molar-refractivity contribution in [2.24, 2.45) is 0 Å². The summed E-state index contributed by atoms with van der Waals surface area (Å²) in [5.74, 6) is -0.366. The lowest BCUT2D eigenvalue weighted by Crippen LogP contribution is -2.13. The second-order valence-corrected chi connectivity index (χ2v) is 4.77. The first-order chi connectivity index (χ1) is 11.6. The highest BCUT2D eigenvalue weighted by molar-refractivity contribution is 6.04. The molecule has 9 nitrogen and oxygen atoms in total. The van der Waals surface area contributed by atoms with Crippen LogP contribution in [0.2, 0.25) is 0 Å². The lowest BCUT2D eigenvalue weighted by atomic mass is 10.1. The van der Waals surface area contributed by atoms with Crippen LogP contribution >= 0.6 is 0 Å². The molecular formula is C15H12N6O3. The topological polar surface area (TPSA) is 126 Å². The average Bonchev–Trinajstić information content (AvgIpc) is 3.09. The molecule has 1 aromatic heterocycles. The van der Waals surface area contributed by atoms with Gasteiger partial charge in [0.2, 0.25) is 5.95 Å². The number of rotatable bonds is 5. The van der Waals surface area contributed by atoms with Crippen molar-refractivity contribution < 1.29 is 9.72 Å². The zero-order valence-electron chi connectivity index (χ0n) is 12.3. The van der Waals surface area contributed by atoms with Crippen LogP contribution in [0.3, 0.4) is 0 Å². The summed E-state index contributed by atoms with van der Waals surface area (Å²) in [7, 11) is 0. The third kappa shape index (κ3) is 3.35. The molecule has 0 aliphatic heterocycles. The summed E-state index contributed by atoms with van der Waals surface area (Å²) in [4.78, 5) is 26.6. The Morgan fingerprint density at radius 3 is 2.62 bits per heavy atom. The van der Waals surface area contributed by atoms with Gasteiger partial charge in [0.1, 0.15) is 12.0 Å². The van der Waals surface area contributed by atoms with Crippen molar-refractivity contribution in [3.05, 3.63) is 70.5 Å². The number of para-hydroxylation sites is 1. The van der Waals surface area contributed by atoms with Gasteiger partial charge in [-0.3, -0.25) is 20.2 Å². The number of aromatic nitrogens is 3. The van der Waals surface area contributed by atoms with Gasteiger partial charge in [0.05, 0.1) is 4.92 Å². The van der Waals surface area contributed by atoms with E-state index < -0.39 is 10.8 Å². The Bertz CT molecular complexity index is 864. The van der Waals surface area contributed by atoms with Crippen LogP contribution in [0.15, 0.2) is 54.9 Å². The highest BCUT2D eigenvalue weighted by atomic mass is 16.6. The number of benzene rings is 2. The van der Waals surface area contributed by atoms with Gasteiger partial charge >= 0.3 is 0 Å². The summed E-state index contributed by atoms with van der Waals surface area (Å²) in [6.45, 7) is 0. The van der Waals surface area contributed by atoms with E-state index >= 15 is 0 Å². The Balaban J connectivity index is 1.87. The highest BCUT2D eigenvalue weighted by Crippen LogP contribution is 2.28. The molecule has 0 radical (unpaired) electrons. The second-order valence-electron chi connectivity index (χ2n) is 4.77. The molecule has 0 spiro atoms. The molecule has 3 aromatic rings. The van der Waals surface area contributed by atoms with Gasteiger partial charge in [-0.05, 0) is 24.3 Å². The number of carbonyl (C=O) groups is 1. The molecule has 0 bridgehead atoms. The molecule has 2 aromatic carbocycles. The second kappa shape index (κ2) is 6.57. The maximum atomic E-state index is 12.1. The van der Waals surface area contributed by atoms with E-state index in [1.807, 2.05) is 18.2 Å². The van der Waals surface area contributed by atoms with Crippen LogP contribution in [0.5, 0.6) is 0 Å². The summed E-state index contributed by atoms with van der Waals surface area (Å²) in [6, 6.07) is 13.2. The largest absolute Gasteiger partial charge is 0.350 e. The third-order valence-electron chi connectivity index (χ3n) is 3.16. The normalized spacial score (nSPS) is 10.2. The fourth-order valence-corrected chi connectivity index (χ4v) is 2.05. The Kier molecular flexibility index (Phi) is 4.15. The van der Waals surface area contributed by atoms with E-state index in [2.05, 4.69) is 25.8 Å². The maximum absolute atomic E-state index is 12.1. The van der Waals surface area contributed by atoms with Gasteiger partial charge in [0, 0.05) is 17.3 Å². The maximum Gasteiger partial charge on any atom is 0.293 e. The van der Waals surface area contributed by atoms with E-state index in [0.717, 1.165) is 0 Å².